The second-order valence-electron chi connectivity index (χ2n) is 5.06. The monoisotopic (exact) mass is 258 g/mol. The smallest absolute Gasteiger partial charge is 0.223 e. The summed E-state index contributed by atoms with van der Waals surface area (Å²) >= 11 is 0. The van der Waals surface area contributed by atoms with Crippen molar-refractivity contribution >= 4 is 5.91 Å². The maximum atomic E-state index is 11.7. The highest BCUT2D eigenvalue weighted by Crippen LogP contribution is 2.18. The molecule has 0 bridgehead atoms. The van der Waals surface area contributed by atoms with Crippen LogP contribution in [-0.4, -0.2) is 30.4 Å². The van der Waals surface area contributed by atoms with Crippen LogP contribution in [0.2, 0.25) is 0 Å². The van der Waals surface area contributed by atoms with Gasteiger partial charge >= 0.3 is 0 Å². The second-order valence-corrected chi connectivity index (χ2v) is 5.06. The average Bonchev–Trinajstić information content (AvgIpc) is 2.80. The van der Waals surface area contributed by atoms with Gasteiger partial charge in [0.15, 0.2) is 0 Å². The van der Waals surface area contributed by atoms with Crippen molar-refractivity contribution in [2.75, 3.05) is 19.6 Å². The van der Waals surface area contributed by atoms with Gasteiger partial charge in [0, 0.05) is 32.0 Å². The lowest BCUT2D eigenvalue weighted by Gasteiger charge is -2.16. The number of nitrogens with zero attached hydrogens (tertiary/aromatic N) is 1. The van der Waals surface area contributed by atoms with Gasteiger partial charge in [-0.3, -0.25) is 4.79 Å². The molecule has 1 aromatic rings. The van der Waals surface area contributed by atoms with Gasteiger partial charge in [0.05, 0.1) is 0 Å². The van der Waals surface area contributed by atoms with Crippen LogP contribution in [0.3, 0.4) is 0 Å². The molecule has 1 aliphatic heterocycles. The predicted octanol–water partition coefficient (Wildman–Crippen LogP) is 2.20. The summed E-state index contributed by atoms with van der Waals surface area (Å²) in [5.74, 6) is 0.623. The number of amides is 1. The summed E-state index contributed by atoms with van der Waals surface area (Å²) in [6.07, 6.45) is 3.54. The molecule has 19 heavy (non-hydrogen) atoms. The fraction of sp³-hybridized carbons (Fsp3) is 0.438. The van der Waals surface area contributed by atoms with E-state index in [1.807, 2.05) is 17.0 Å². The molecule has 2 rings (SSSR count). The Morgan fingerprint density at radius 1 is 1.37 bits per heavy atom. The Bertz CT molecular complexity index is 416. The highest BCUT2D eigenvalue weighted by molar-refractivity contribution is 5.78. The molecule has 1 amide bonds. The van der Waals surface area contributed by atoms with Crippen molar-refractivity contribution in [2.24, 2.45) is 5.92 Å². The molecule has 1 aliphatic rings. The van der Waals surface area contributed by atoms with Gasteiger partial charge < -0.3 is 10.2 Å². The quantitative estimate of drug-likeness (QED) is 0.600. The van der Waals surface area contributed by atoms with Gasteiger partial charge in [-0.2, -0.15) is 0 Å². The van der Waals surface area contributed by atoms with E-state index >= 15 is 0 Å². The Morgan fingerprint density at radius 3 is 2.84 bits per heavy atom. The molecule has 3 nitrogen and oxygen atoms in total. The van der Waals surface area contributed by atoms with Crippen LogP contribution in [-0.2, 0) is 11.3 Å². The number of hydrogen-bond donors (Lipinski definition) is 1. The van der Waals surface area contributed by atoms with Crippen LogP contribution in [0.25, 0.3) is 0 Å². The molecule has 0 spiro atoms. The molecule has 1 saturated heterocycles. The normalized spacial score (nSPS) is 18.8. The van der Waals surface area contributed by atoms with Crippen LogP contribution in [0.5, 0.6) is 0 Å². The summed E-state index contributed by atoms with van der Waals surface area (Å²) in [4.78, 5) is 13.6. The number of carbonyl (C=O) groups is 1. The zero-order valence-electron chi connectivity index (χ0n) is 11.3. The Hall–Kier alpha value is -1.61. The van der Waals surface area contributed by atoms with E-state index in [1.165, 1.54) is 5.56 Å². The van der Waals surface area contributed by atoms with Crippen molar-refractivity contribution in [3.8, 4) is 0 Å². The molecule has 1 N–H and O–H groups in total. The number of nitrogens with one attached hydrogen (secondary N) is 1. The van der Waals surface area contributed by atoms with Gasteiger partial charge in [0.1, 0.15) is 0 Å². The van der Waals surface area contributed by atoms with Crippen LogP contribution in [0, 0.1) is 5.92 Å². The Balaban J connectivity index is 1.60. The van der Waals surface area contributed by atoms with E-state index in [-0.39, 0.29) is 5.91 Å². The number of benzene rings is 1. The molecule has 1 heterocycles. The van der Waals surface area contributed by atoms with Crippen molar-refractivity contribution < 1.29 is 4.79 Å². The lowest BCUT2D eigenvalue weighted by atomic mass is 10.1. The first-order valence-electron chi connectivity index (χ1n) is 6.94. The summed E-state index contributed by atoms with van der Waals surface area (Å²) in [6, 6.07) is 10.4. The van der Waals surface area contributed by atoms with E-state index in [9.17, 15) is 4.79 Å². The predicted molar refractivity (Wildman–Crippen MR) is 77.6 cm³/mol. The maximum absolute atomic E-state index is 11.7. The van der Waals surface area contributed by atoms with Crippen LogP contribution < -0.4 is 5.32 Å². The SMILES string of the molecule is C=CC1CC(=O)N(CCCNCc2ccccc2)C1. The van der Waals surface area contributed by atoms with Crippen LogP contribution in [0.1, 0.15) is 18.4 Å². The van der Waals surface area contributed by atoms with Crippen LogP contribution in [0.4, 0.5) is 0 Å². The van der Waals surface area contributed by atoms with E-state index in [4.69, 9.17) is 0 Å². The minimum Gasteiger partial charge on any atom is -0.342 e. The Labute approximate surface area is 115 Å². The number of carbonyl (C=O) groups excluding carboxylic acids is 1. The summed E-state index contributed by atoms with van der Waals surface area (Å²) < 4.78 is 0. The highest BCUT2D eigenvalue weighted by Gasteiger charge is 2.26. The van der Waals surface area contributed by atoms with E-state index in [0.29, 0.717) is 12.3 Å². The molecule has 1 atom stereocenters. The molecule has 0 saturated carbocycles. The minimum atomic E-state index is 0.271. The van der Waals surface area contributed by atoms with Crippen molar-refractivity contribution in [2.45, 2.75) is 19.4 Å². The summed E-state index contributed by atoms with van der Waals surface area (Å²) in [5.41, 5.74) is 1.30. The van der Waals surface area contributed by atoms with Gasteiger partial charge in [0.2, 0.25) is 5.91 Å². The zero-order chi connectivity index (χ0) is 13.5. The molecular weight excluding hydrogens is 236 g/mol. The Kier molecular flexibility index (Phi) is 5.16. The fourth-order valence-corrected chi connectivity index (χ4v) is 2.40. The highest BCUT2D eigenvalue weighted by atomic mass is 16.2. The molecular formula is C16H22N2O. The third-order valence-corrected chi connectivity index (χ3v) is 3.53. The van der Waals surface area contributed by atoms with Gasteiger partial charge in [0.25, 0.3) is 0 Å². The average molecular weight is 258 g/mol. The van der Waals surface area contributed by atoms with E-state index in [1.54, 1.807) is 0 Å². The number of likely N-dealkylation sites (tertiary alicyclic amines) is 1. The maximum Gasteiger partial charge on any atom is 0.223 e. The van der Waals surface area contributed by atoms with Gasteiger partial charge in [-0.1, -0.05) is 36.4 Å². The molecule has 3 heteroatoms. The standard InChI is InChI=1S/C16H22N2O/c1-2-14-11-16(19)18(13-14)10-6-9-17-12-15-7-4-3-5-8-15/h2-5,7-8,14,17H,1,6,9-13H2. The number of hydrogen-bond acceptors (Lipinski definition) is 2. The third-order valence-electron chi connectivity index (χ3n) is 3.53. The number of rotatable bonds is 7. The topological polar surface area (TPSA) is 32.3 Å². The molecule has 0 aliphatic carbocycles. The van der Waals surface area contributed by atoms with E-state index in [0.717, 1.165) is 32.6 Å². The first-order valence-corrected chi connectivity index (χ1v) is 6.94. The van der Waals surface area contributed by atoms with Crippen molar-refractivity contribution in [3.05, 3.63) is 48.6 Å². The molecule has 1 fully saturated rings. The first kappa shape index (κ1) is 13.8. The van der Waals surface area contributed by atoms with Crippen molar-refractivity contribution in [1.29, 1.82) is 0 Å². The van der Waals surface area contributed by atoms with Crippen molar-refractivity contribution in [1.82, 2.24) is 10.2 Å². The third kappa shape index (κ3) is 4.21. The minimum absolute atomic E-state index is 0.271. The van der Waals surface area contributed by atoms with Gasteiger partial charge in [-0.05, 0) is 18.5 Å². The van der Waals surface area contributed by atoms with Gasteiger partial charge in [-0.25, -0.2) is 0 Å². The zero-order valence-corrected chi connectivity index (χ0v) is 11.3. The van der Waals surface area contributed by atoms with Gasteiger partial charge in [-0.15, -0.1) is 6.58 Å². The molecule has 1 aromatic carbocycles. The second kappa shape index (κ2) is 7.10. The summed E-state index contributed by atoms with van der Waals surface area (Å²) in [6.45, 7) is 7.30. The molecule has 0 aromatic heterocycles. The first-order chi connectivity index (χ1) is 9.29. The Morgan fingerprint density at radius 2 is 2.16 bits per heavy atom. The summed E-state index contributed by atoms with van der Waals surface area (Å²) in [7, 11) is 0. The van der Waals surface area contributed by atoms with Crippen LogP contribution >= 0.6 is 0 Å². The lowest BCUT2D eigenvalue weighted by molar-refractivity contribution is -0.127. The largest absolute Gasteiger partial charge is 0.342 e. The van der Waals surface area contributed by atoms with E-state index < -0.39 is 0 Å². The molecule has 1 unspecified atom stereocenters. The lowest BCUT2D eigenvalue weighted by Crippen LogP contribution is -2.28. The molecule has 0 radical (unpaired) electrons. The fourth-order valence-electron chi connectivity index (χ4n) is 2.40. The molecule has 102 valence electrons. The summed E-state index contributed by atoms with van der Waals surface area (Å²) in [5, 5.41) is 3.41. The van der Waals surface area contributed by atoms with Crippen LogP contribution in [0.15, 0.2) is 43.0 Å². The van der Waals surface area contributed by atoms with E-state index in [2.05, 4.69) is 36.2 Å². The van der Waals surface area contributed by atoms with Crippen molar-refractivity contribution in [3.63, 3.8) is 0 Å².